The largest absolute Gasteiger partial charge is 0.445 e. The zero-order valence-corrected chi connectivity index (χ0v) is 15.6. The summed E-state index contributed by atoms with van der Waals surface area (Å²) in [6.07, 6.45) is 1.65. The zero-order valence-electron chi connectivity index (χ0n) is 14.8. The molecule has 0 bridgehead atoms. The lowest BCUT2D eigenvalue weighted by atomic mass is 10.0. The first-order valence-electron chi connectivity index (χ1n) is 8.55. The van der Waals surface area contributed by atoms with Gasteiger partial charge in [-0.1, -0.05) is 30.3 Å². The quantitative estimate of drug-likeness (QED) is 0.727. The van der Waals surface area contributed by atoms with Crippen LogP contribution in [0.1, 0.15) is 31.7 Å². The van der Waals surface area contributed by atoms with Crippen molar-refractivity contribution in [2.24, 2.45) is 5.73 Å². The number of hydrogen-bond donors (Lipinski definition) is 2. The summed E-state index contributed by atoms with van der Waals surface area (Å²) >= 11 is 0. The van der Waals surface area contributed by atoms with Crippen LogP contribution in [-0.4, -0.2) is 49.7 Å². The van der Waals surface area contributed by atoms with Gasteiger partial charge in [0, 0.05) is 6.54 Å². The van der Waals surface area contributed by atoms with Gasteiger partial charge in [0.2, 0.25) is 15.9 Å². The number of sulfonamides is 1. The van der Waals surface area contributed by atoms with Crippen LogP contribution in [0.2, 0.25) is 0 Å². The second kappa shape index (κ2) is 9.00. The summed E-state index contributed by atoms with van der Waals surface area (Å²) in [5.74, 6) is -1.04. The van der Waals surface area contributed by atoms with E-state index in [0.29, 0.717) is 13.0 Å². The van der Waals surface area contributed by atoms with E-state index in [1.54, 1.807) is 0 Å². The van der Waals surface area contributed by atoms with Gasteiger partial charge in [-0.05, 0) is 31.7 Å². The molecule has 0 spiro atoms. The molecule has 0 aliphatic carbocycles. The Hall–Kier alpha value is -2.13. The SMILES string of the molecule is C[C@H](NS(=O)(=O)CC1CCCCN1C(=O)OCc1ccccc1)C(N)=O. The Morgan fingerprint density at radius 2 is 2.00 bits per heavy atom. The third-order valence-corrected chi connectivity index (χ3v) is 5.80. The molecule has 26 heavy (non-hydrogen) atoms. The van der Waals surface area contributed by atoms with Crippen molar-refractivity contribution in [1.29, 1.82) is 0 Å². The third-order valence-electron chi connectivity index (χ3n) is 4.26. The van der Waals surface area contributed by atoms with E-state index < -0.39 is 34.1 Å². The predicted octanol–water partition coefficient (Wildman–Crippen LogP) is 0.971. The van der Waals surface area contributed by atoms with Crippen LogP contribution in [0, 0.1) is 0 Å². The van der Waals surface area contributed by atoms with E-state index in [-0.39, 0.29) is 12.4 Å². The van der Waals surface area contributed by atoms with Gasteiger partial charge >= 0.3 is 6.09 Å². The number of carbonyl (C=O) groups is 2. The average Bonchev–Trinajstić information content (AvgIpc) is 2.60. The number of nitrogens with zero attached hydrogens (tertiary/aromatic N) is 1. The molecule has 0 radical (unpaired) electrons. The van der Waals surface area contributed by atoms with Crippen molar-refractivity contribution in [2.75, 3.05) is 12.3 Å². The summed E-state index contributed by atoms with van der Waals surface area (Å²) in [6, 6.07) is 7.78. The van der Waals surface area contributed by atoms with Crippen LogP contribution < -0.4 is 10.5 Å². The zero-order chi connectivity index (χ0) is 19.2. The number of rotatable bonds is 7. The number of primary amides is 1. The van der Waals surface area contributed by atoms with Gasteiger partial charge in [0.1, 0.15) is 6.61 Å². The van der Waals surface area contributed by atoms with Gasteiger partial charge in [0.25, 0.3) is 0 Å². The highest BCUT2D eigenvalue weighted by Crippen LogP contribution is 2.20. The smallest absolute Gasteiger partial charge is 0.410 e. The number of benzene rings is 1. The molecular weight excluding hydrogens is 358 g/mol. The predicted molar refractivity (Wildman–Crippen MR) is 96.6 cm³/mol. The first-order chi connectivity index (χ1) is 12.3. The molecule has 9 heteroatoms. The van der Waals surface area contributed by atoms with Gasteiger partial charge in [-0.15, -0.1) is 0 Å². The monoisotopic (exact) mass is 383 g/mol. The van der Waals surface area contributed by atoms with Crippen LogP contribution in [0.15, 0.2) is 30.3 Å². The Morgan fingerprint density at radius 1 is 1.31 bits per heavy atom. The molecule has 0 aromatic heterocycles. The fourth-order valence-electron chi connectivity index (χ4n) is 2.85. The van der Waals surface area contributed by atoms with Crippen molar-refractivity contribution >= 4 is 22.0 Å². The molecule has 1 unspecified atom stereocenters. The Morgan fingerprint density at radius 3 is 2.65 bits per heavy atom. The number of likely N-dealkylation sites (tertiary alicyclic amines) is 1. The van der Waals surface area contributed by atoms with Gasteiger partial charge in [0.05, 0.1) is 17.8 Å². The molecule has 2 rings (SSSR count). The summed E-state index contributed by atoms with van der Waals surface area (Å²) in [6.45, 7) is 1.96. The summed E-state index contributed by atoms with van der Waals surface area (Å²) in [5.41, 5.74) is 5.96. The van der Waals surface area contributed by atoms with Gasteiger partial charge in [-0.2, -0.15) is 0 Å². The van der Waals surface area contributed by atoms with Crippen molar-refractivity contribution < 1.29 is 22.7 Å². The molecule has 1 fully saturated rings. The van der Waals surface area contributed by atoms with Crippen LogP contribution >= 0.6 is 0 Å². The Bertz CT molecular complexity index is 723. The highest BCUT2D eigenvalue weighted by atomic mass is 32.2. The van der Waals surface area contributed by atoms with Crippen molar-refractivity contribution in [3.63, 3.8) is 0 Å². The first kappa shape index (κ1) is 20.2. The molecular formula is C17H25N3O5S. The number of carbonyl (C=O) groups excluding carboxylic acids is 2. The molecule has 1 saturated heterocycles. The van der Waals surface area contributed by atoms with Crippen LogP contribution in [0.4, 0.5) is 4.79 Å². The Balaban J connectivity index is 1.97. The van der Waals surface area contributed by atoms with Crippen LogP contribution in [0.5, 0.6) is 0 Å². The standard InChI is InChI=1S/C17H25N3O5S/c1-13(16(18)21)19-26(23,24)12-15-9-5-6-10-20(15)17(22)25-11-14-7-3-2-4-8-14/h2-4,7-8,13,15,19H,5-6,9-12H2,1H3,(H2,18,21)/t13-,15?/m0/s1. The number of piperidine rings is 1. The highest BCUT2D eigenvalue weighted by molar-refractivity contribution is 7.89. The van der Waals surface area contributed by atoms with Crippen molar-refractivity contribution in [2.45, 2.75) is 44.9 Å². The van der Waals surface area contributed by atoms with Crippen molar-refractivity contribution in [1.82, 2.24) is 9.62 Å². The van der Waals surface area contributed by atoms with Crippen LogP contribution in [-0.2, 0) is 26.2 Å². The van der Waals surface area contributed by atoms with Gasteiger partial charge in [-0.25, -0.2) is 17.9 Å². The molecule has 1 aromatic rings. The third kappa shape index (κ3) is 5.99. The molecule has 2 atom stereocenters. The highest BCUT2D eigenvalue weighted by Gasteiger charge is 2.32. The summed E-state index contributed by atoms with van der Waals surface area (Å²) in [4.78, 5) is 24.9. The first-order valence-corrected chi connectivity index (χ1v) is 10.2. The van der Waals surface area contributed by atoms with Crippen molar-refractivity contribution in [3.8, 4) is 0 Å². The van der Waals surface area contributed by atoms with E-state index in [0.717, 1.165) is 18.4 Å². The fourth-order valence-corrected chi connectivity index (χ4v) is 4.45. The fraction of sp³-hybridized carbons (Fsp3) is 0.529. The Labute approximate surface area is 153 Å². The minimum atomic E-state index is -3.76. The lowest BCUT2D eigenvalue weighted by Gasteiger charge is -2.34. The minimum absolute atomic E-state index is 0.132. The van der Waals surface area contributed by atoms with Crippen molar-refractivity contribution in [3.05, 3.63) is 35.9 Å². The molecule has 8 nitrogen and oxygen atoms in total. The number of amides is 2. The molecule has 1 aliphatic heterocycles. The van der Waals surface area contributed by atoms with Crippen LogP contribution in [0.3, 0.4) is 0 Å². The second-order valence-corrected chi connectivity index (χ2v) is 8.21. The van der Waals surface area contributed by atoms with Gasteiger partial charge in [0.15, 0.2) is 0 Å². The van der Waals surface area contributed by atoms with E-state index >= 15 is 0 Å². The molecule has 2 amide bonds. The molecule has 1 heterocycles. The van der Waals surface area contributed by atoms with E-state index in [1.165, 1.54) is 11.8 Å². The van der Waals surface area contributed by atoms with E-state index in [2.05, 4.69) is 4.72 Å². The van der Waals surface area contributed by atoms with E-state index in [9.17, 15) is 18.0 Å². The summed E-state index contributed by atoms with van der Waals surface area (Å²) < 4.78 is 32.1. The molecule has 3 N–H and O–H groups in total. The number of hydrogen-bond acceptors (Lipinski definition) is 5. The molecule has 1 aromatic carbocycles. The van der Waals surface area contributed by atoms with E-state index in [4.69, 9.17) is 10.5 Å². The second-order valence-electron chi connectivity index (χ2n) is 6.41. The lowest BCUT2D eigenvalue weighted by Crippen LogP contribution is -2.51. The minimum Gasteiger partial charge on any atom is -0.445 e. The molecule has 0 saturated carbocycles. The number of nitrogens with two attached hydrogens (primary N) is 1. The maximum absolute atomic E-state index is 12.4. The van der Waals surface area contributed by atoms with E-state index in [1.807, 2.05) is 30.3 Å². The molecule has 1 aliphatic rings. The number of ether oxygens (including phenoxy) is 1. The van der Waals surface area contributed by atoms with Gasteiger partial charge < -0.3 is 15.4 Å². The summed E-state index contributed by atoms with van der Waals surface area (Å²) in [7, 11) is -3.76. The normalized spacial score (nSPS) is 19.0. The topological polar surface area (TPSA) is 119 Å². The Kier molecular flexibility index (Phi) is 6.98. The molecule has 144 valence electrons. The maximum atomic E-state index is 12.4. The van der Waals surface area contributed by atoms with Gasteiger partial charge in [-0.3, -0.25) is 4.79 Å². The average molecular weight is 383 g/mol. The lowest BCUT2D eigenvalue weighted by molar-refractivity contribution is -0.119. The van der Waals surface area contributed by atoms with Crippen LogP contribution in [0.25, 0.3) is 0 Å². The number of nitrogens with one attached hydrogen (secondary N) is 1. The maximum Gasteiger partial charge on any atom is 0.410 e. The summed E-state index contributed by atoms with van der Waals surface area (Å²) in [5, 5.41) is 0.